The van der Waals surface area contributed by atoms with Crippen LogP contribution >= 0.6 is 23.2 Å². The molecule has 1 amide bonds. The number of esters is 2. The molecule has 1 aliphatic heterocycles. The van der Waals surface area contributed by atoms with Crippen LogP contribution in [0.25, 0.3) is 0 Å². The van der Waals surface area contributed by atoms with Crippen molar-refractivity contribution >= 4 is 51.4 Å². The van der Waals surface area contributed by atoms with Crippen LogP contribution in [-0.2, 0) is 56.0 Å². The molecule has 6 atom stereocenters. The number of carbonyl (C=O) groups excluding carboxylic acids is 3. The molecule has 67 heavy (non-hydrogen) atoms. The zero-order valence-electron chi connectivity index (χ0n) is 40.0. The summed E-state index contributed by atoms with van der Waals surface area (Å²) in [6, 6.07) is 14.1. The summed E-state index contributed by atoms with van der Waals surface area (Å²) in [5.74, 6) is -1.89. The maximum atomic E-state index is 13.7. The summed E-state index contributed by atoms with van der Waals surface area (Å²) in [7, 11) is -5.43. The van der Waals surface area contributed by atoms with E-state index in [0.717, 1.165) is 101 Å². The van der Waals surface area contributed by atoms with Gasteiger partial charge in [0.1, 0.15) is 24.4 Å². The Morgan fingerprint density at radius 2 is 1.13 bits per heavy atom. The number of halogens is 2. The minimum Gasteiger partial charge on any atom is -0.726 e. The van der Waals surface area contributed by atoms with Crippen molar-refractivity contribution in [2.24, 2.45) is 0 Å². The van der Waals surface area contributed by atoms with Crippen LogP contribution < -0.4 is 34.9 Å². The molecule has 2 aromatic rings. The first-order chi connectivity index (χ1) is 31.8. The van der Waals surface area contributed by atoms with Crippen molar-refractivity contribution in [1.29, 1.82) is 0 Å². The van der Waals surface area contributed by atoms with Gasteiger partial charge in [-0.1, -0.05) is 157 Å². The number of aliphatic hydroxyl groups is 2. The second-order valence-corrected chi connectivity index (χ2v) is 19.6. The van der Waals surface area contributed by atoms with Gasteiger partial charge in [-0.15, -0.1) is 0 Å². The Bertz CT molecular complexity index is 1760. The molecule has 1 unspecified atom stereocenters. The molecular formula is C50H76Cl2NNaO12S. The Morgan fingerprint density at radius 3 is 1.61 bits per heavy atom. The minimum absolute atomic E-state index is 0. The Kier molecular flexibility index (Phi) is 33.1. The first kappa shape index (κ1) is 61.3. The van der Waals surface area contributed by atoms with E-state index in [-0.39, 0.29) is 48.8 Å². The largest absolute Gasteiger partial charge is 1.00 e. The summed E-state index contributed by atoms with van der Waals surface area (Å²) >= 11 is 12.0. The van der Waals surface area contributed by atoms with Crippen molar-refractivity contribution in [2.45, 2.75) is 217 Å². The van der Waals surface area contributed by atoms with Gasteiger partial charge in [0.15, 0.2) is 12.4 Å². The van der Waals surface area contributed by atoms with Gasteiger partial charge in [0.2, 0.25) is 16.3 Å². The fourth-order valence-electron chi connectivity index (χ4n) is 8.32. The summed E-state index contributed by atoms with van der Waals surface area (Å²) in [6.07, 6.45) is 14.7. The van der Waals surface area contributed by atoms with Crippen LogP contribution in [0.5, 0.6) is 0 Å². The fraction of sp³-hybridized carbons (Fsp3) is 0.700. The molecule has 1 aliphatic rings. The smallest absolute Gasteiger partial charge is 0.726 e. The molecule has 0 spiro atoms. The van der Waals surface area contributed by atoms with Crippen LogP contribution in [0.1, 0.15) is 179 Å². The first-order valence-electron chi connectivity index (χ1n) is 24.5. The predicted molar refractivity (Wildman–Crippen MR) is 256 cm³/mol. The number of ether oxygens (including phenoxy) is 3. The van der Waals surface area contributed by atoms with Gasteiger partial charge in [-0.25, -0.2) is 8.42 Å². The van der Waals surface area contributed by atoms with Crippen LogP contribution in [-0.4, -0.2) is 84.4 Å². The average Bonchev–Trinajstić information content (AvgIpc) is 3.27. The second-order valence-electron chi connectivity index (χ2n) is 17.7. The zero-order chi connectivity index (χ0) is 48.0. The van der Waals surface area contributed by atoms with E-state index in [1.165, 1.54) is 36.8 Å². The molecule has 0 aliphatic carbocycles. The van der Waals surface area contributed by atoms with E-state index in [2.05, 4.69) is 12.2 Å². The molecule has 1 saturated heterocycles. The van der Waals surface area contributed by atoms with Crippen LogP contribution in [0.4, 0.5) is 0 Å². The molecule has 17 heteroatoms. The van der Waals surface area contributed by atoms with Gasteiger partial charge in [-0.05, 0) is 86.8 Å². The molecule has 13 nitrogen and oxygen atoms in total. The molecule has 3 rings (SSSR count). The number of hydrogen-bond donors (Lipinski definition) is 3. The summed E-state index contributed by atoms with van der Waals surface area (Å²) in [4.78, 5) is 40.0. The Morgan fingerprint density at radius 1 is 0.687 bits per heavy atom. The van der Waals surface area contributed by atoms with Gasteiger partial charge in [0.05, 0.1) is 13.0 Å². The quantitative estimate of drug-likeness (QED) is 0.0201. The van der Waals surface area contributed by atoms with Crippen molar-refractivity contribution < 1.29 is 85.5 Å². The molecule has 0 aromatic heterocycles. The SMILES string of the molecule is CCCCCCCCCCC[C@@H](CC(=O)N[C@H]1C(O)O[C@H](CO)[C@@H](OS(=O)(=O)[O-])[C@@H]1OC(=O)CCCCCCCCc1ccc(Cl)cc1)OC(=O)CCCCCCCCc1ccc(Cl)cc1.[Na+]. The maximum absolute atomic E-state index is 13.7. The van der Waals surface area contributed by atoms with Crippen LogP contribution in [0.2, 0.25) is 10.0 Å². The molecule has 374 valence electrons. The molecule has 0 radical (unpaired) electrons. The van der Waals surface area contributed by atoms with Crippen molar-refractivity contribution in [1.82, 2.24) is 5.32 Å². The summed E-state index contributed by atoms with van der Waals surface area (Å²) in [5.41, 5.74) is 2.47. The van der Waals surface area contributed by atoms with Gasteiger partial charge in [0, 0.05) is 22.9 Å². The van der Waals surface area contributed by atoms with Crippen molar-refractivity contribution in [3.63, 3.8) is 0 Å². The number of nitrogens with one attached hydrogen (secondary N) is 1. The van der Waals surface area contributed by atoms with Crippen molar-refractivity contribution in [2.75, 3.05) is 6.61 Å². The first-order valence-corrected chi connectivity index (χ1v) is 26.6. The number of aryl methyl sites for hydroxylation is 2. The summed E-state index contributed by atoms with van der Waals surface area (Å²) < 4.78 is 57.1. The third kappa shape index (κ3) is 28.0. The third-order valence-electron chi connectivity index (χ3n) is 12.0. The predicted octanol–water partition coefficient (Wildman–Crippen LogP) is 7.42. The van der Waals surface area contributed by atoms with E-state index >= 15 is 0 Å². The topological polar surface area (TPSA) is 198 Å². The Hall–Kier alpha value is -1.82. The van der Waals surface area contributed by atoms with E-state index in [1.807, 2.05) is 48.5 Å². The van der Waals surface area contributed by atoms with Crippen molar-refractivity contribution in [3.8, 4) is 0 Å². The van der Waals surface area contributed by atoms with Gasteiger partial charge >= 0.3 is 41.5 Å². The maximum Gasteiger partial charge on any atom is 1.00 e. The zero-order valence-corrected chi connectivity index (χ0v) is 44.4. The number of carbonyl (C=O) groups is 3. The Balaban J connectivity index is 0.0000154. The van der Waals surface area contributed by atoms with E-state index in [9.17, 15) is 37.6 Å². The van der Waals surface area contributed by atoms with E-state index in [4.69, 9.17) is 41.6 Å². The van der Waals surface area contributed by atoms with Gasteiger partial charge in [-0.2, -0.15) is 0 Å². The number of benzene rings is 2. The number of rotatable bonds is 36. The molecule has 0 saturated carbocycles. The second kappa shape index (κ2) is 36.2. The van der Waals surface area contributed by atoms with E-state index in [1.54, 1.807) is 0 Å². The van der Waals surface area contributed by atoms with Crippen LogP contribution in [0.15, 0.2) is 48.5 Å². The third-order valence-corrected chi connectivity index (χ3v) is 13.0. The molecule has 0 bridgehead atoms. The van der Waals surface area contributed by atoms with Gasteiger partial charge in [0.25, 0.3) is 0 Å². The molecule has 1 fully saturated rings. The van der Waals surface area contributed by atoms with E-state index in [0.29, 0.717) is 37.1 Å². The Labute approximate surface area is 432 Å². The molecule has 1 heterocycles. The molecule has 3 N–H and O–H groups in total. The fourth-order valence-corrected chi connectivity index (χ4v) is 9.08. The number of hydrogen-bond acceptors (Lipinski definition) is 12. The standard InChI is InChI=1S/C50H77Cl2NO12S.Na/c1-2-3-4-5-6-7-8-15-20-25-42(62-45(56)26-21-16-11-9-13-18-23-38-28-32-40(51)33-29-38)36-44(55)53-47-49(48(65-66(59,60)61)43(37-54)63-50(47)58)64-46(57)27-22-17-12-10-14-19-24-39-30-34-41(52)35-31-39;/h28-35,42-43,47-50,54,58H,2-27,36-37H2,1H3,(H,53,55)(H,59,60,61);/q;+1/p-1/t42-,43+,47+,48+,49+,50?;/m0./s1. The van der Waals surface area contributed by atoms with Crippen molar-refractivity contribution in [3.05, 3.63) is 69.7 Å². The average molecular weight is 1010 g/mol. The summed E-state index contributed by atoms with van der Waals surface area (Å²) in [6.45, 7) is 1.29. The van der Waals surface area contributed by atoms with Gasteiger partial charge in [-0.3, -0.25) is 18.6 Å². The number of unbranched alkanes of at least 4 members (excludes halogenated alkanes) is 18. The normalized spacial score (nSPS) is 18.7. The van der Waals surface area contributed by atoms with Crippen LogP contribution in [0, 0.1) is 0 Å². The number of aliphatic hydroxyl groups excluding tert-OH is 2. The minimum atomic E-state index is -5.43. The number of amides is 1. The molecular weight excluding hydrogens is 933 g/mol. The summed E-state index contributed by atoms with van der Waals surface area (Å²) in [5, 5.41) is 25.0. The van der Waals surface area contributed by atoms with Crippen LogP contribution in [0.3, 0.4) is 0 Å². The van der Waals surface area contributed by atoms with E-state index < -0.39 is 71.6 Å². The molecule has 2 aromatic carbocycles. The van der Waals surface area contributed by atoms with Gasteiger partial charge < -0.3 is 34.3 Å². The monoisotopic (exact) mass is 1010 g/mol.